The van der Waals surface area contributed by atoms with Gasteiger partial charge in [0.05, 0.1) is 0 Å². The molecule has 1 saturated heterocycles. The van der Waals surface area contributed by atoms with Crippen molar-refractivity contribution in [2.24, 2.45) is 0 Å². The molecule has 1 aliphatic heterocycles. The first kappa shape index (κ1) is 11.2. The van der Waals surface area contributed by atoms with E-state index in [0.717, 1.165) is 15.9 Å². The Morgan fingerprint density at radius 1 is 1.40 bits per heavy atom. The number of para-hydroxylation sites is 1. The zero-order chi connectivity index (χ0) is 10.8. The van der Waals surface area contributed by atoms with Crippen molar-refractivity contribution >= 4 is 42.4 Å². The van der Waals surface area contributed by atoms with Gasteiger partial charge in [0, 0.05) is 0 Å². The van der Waals surface area contributed by atoms with Crippen LogP contribution >= 0.6 is 20.0 Å². The average molecular weight is 305 g/mol. The molecule has 0 radical (unpaired) electrons. The third kappa shape index (κ3) is 2.27. The quantitative estimate of drug-likeness (QED) is 0.509. The molecule has 7 heteroatoms. The summed E-state index contributed by atoms with van der Waals surface area (Å²) in [5.41, 5.74) is -0.0839. The summed E-state index contributed by atoms with van der Waals surface area (Å²) in [5.74, 6) is 1.93. The van der Waals surface area contributed by atoms with E-state index in [1.54, 1.807) is 12.1 Å². The average Bonchev–Trinajstić information content (AvgIpc) is 2.69. The molecule has 0 aliphatic carbocycles. The van der Waals surface area contributed by atoms with Crippen LogP contribution in [-0.2, 0) is 0 Å². The normalized spacial score (nSPS) is 16.8. The van der Waals surface area contributed by atoms with E-state index in [-0.39, 0.29) is 11.4 Å². The number of rotatable bonds is 2. The minimum atomic E-state index is -1.40. The van der Waals surface area contributed by atoms with Crippen LogP contribution in [-0.4, -0.2) is 33.9 Å². The van der Waals surface area contributed by atoms with Gasteiger partial charge in [0.15, 0.2) is 0 Å². The van der Waals surface area contributed by atoms with Crippen LogP contribution < -0.4 is 4.35 Å². The van der Waals surface area contributed by atoms with Crippen molar-refractivity contribution in [2.75, 3.05) is 11.5 Å². The van der Waals surface area contributed by atoms with Crippen molar-refractivity contribution in [1.82, 2.24) is 0 Å². The molecule has 1 aliphatic rings. The Balaban J connectivity index is 2.45. The number of phenols is 1. The van der Waals surface area contributed by atoms with E-state index in [4.69, 9.17) is 0 Å². The molecule has 0 atom stereocenters. The number of benzene rings is 1. The van der Waals surface area contributed by atoms with Crippen molar-refractivity contribution in [3.63, 3.8) is 0 Å². The molecule has 4 nitrogen and oxygen atoms in total. The van der Waals surface area contributed by atoms with Crippen LogP contribution in [0, 0.1) is 10.1 Å². The predicted molar refractivity (Wildman–Crippen MR) is 65.1 cm³/mol. The molecule has 1 fully saturated rings. The van der Waals surface area contributed by atoms with Crippen molar-refractivity contribution in [3.05, 3.63) is 28.3 Å². The van der Waals surface area contributed by atoms with Crippen LogP contribution in [0.15, 0.2) is 18.2 Å². The van der Waals surface area contributed by atoms with E-state index in [0.29, 0.717) is 0 Å². The number of aromatic hydroxyl groups is 1. The first-order valence-corrected chi connectivity index (χ1v) is 11.6. The van der Waals surface area contributed by atoms with Gasteiger partial charge >= 0.3 is 98.0 Å². The van der Waals surface area contributed by atoms with Crippen LogP contribution in [0.25, 0.3) is 0 Å². The molecule has 15 heavy (non-hydrogen) atoms. The van der Waals surface area contributed by atoms with Gasteiger partial charge in [-0.3, -0.25) is 0 Å². The van der Waals surface area contributed by atoms with Gasteiger partial charge in [-0.2, -0.15) is 0 Å². The topological polar surface area (TPSA) is 63.4 Å². The zero-order valence-corrected chi connectivity index (χ0v) is 11.1. The minimum absolute atomic E-state index is 0.0839. The molecule has 0 bridgehead atoms. The molecule has 1 heterocycles. The van der Waals surface area contributed by atoms with Crippen LogP contribution in [0.4, 0.5) is 5.69 Å². The van der Waals surface area contributed by atoms with Crippen LogP contribution in [0.1, 0.15) is 0 Å². The van der Waals surface area contributed by atoms with E-state index in [2.05, 4.69) is 0 Å². The van der Waals surface area contributed by atoms with Crippen LogP contribution in [0.5, 0.6) is 5.75 Å². The van der Waals surface area contributed by atoms with E-state index in [1.807, 2.05) is 20.0 Å². The van der Waals surface area contributed by atoms with Gasteiger partial charge in [0.1, 0.15) is 0 Å². The molecule has 0 unspecified atom stereocenters. The van der Waals surface area contributed by atoms with Crippen molar-refractivity contribution in [2.45, 2.75) is 0 Å². The number of hydrogen-bond acceptors (Lipinski definition) is 5. The fourth-order valence-corrected chi connectivity index (χ4v) is 15.9. The maximum absolute atomic E-state index is 10.8. The number of nitro groups is 1. The molecule has 80 valence electrons. The molecule has 1 N–H and O–H groups in total. The first-order chi connectivity index (χ1) is 7.20. The van der Waals surface area contributed by atoms with Gasteiger partial charge < -0.3 is 0 Å². The third-order valence-electron chi connectivity index (χ3n) is 1.87. The van der Waals surface area contributed by atoms with Gasteiger partial charge in [0.2, 0.25) is 0 Å². The monoisotopic (exact) mass is 305 g/mol. The standard InChI is InChI=1S/C8H8AsNO3S2/c11-7-3-1-2-6(8(7)10(12)13)9-14-4-5-15-9/h1-3,11H,4-5H2. The van der Waals surface area contributed by atoms with Crippen molar-refractivity contribution < 1.29 is 10.0 Å². The Morgan fingerprint density at radius 2 is 2.07 bits per heavy atom. The Labute approximate surface area is 97.8 Å². The van der Waals surface area contributed by atoms with E-state index in [1.165, 1.54) is 6.07 Å². The summed E-state index contributed by atoms with van der Waals surface area (Å²) in [6.07, 6.45) is 0. The van der Waals surface area contributed by atoms with Crippen LogP contribution in [0.3, 0.4) is 0 Å². The van der Waals surface area contributed by atoms with Gasteiger partial charge in [0.25, 0.3) is 0 Å². The van der Waals surface area contributed by atoms with Crippen molar-refractivity contribution in [1.29, 1.82) is 0 Å². The SMILES string of the molecule is O=[N+]([O-])c1c(O)cccc1[As]1SCCS1. The Morgan fingerprint density at radius 3 is 2.67 bits per heavy atom. The second-order valence-corrected chi connectivity index (χ2v) is 14.5. The van der Waals surface area contributed by atoms with E-state index >= 15 is 0 Å². The van der Waals surface area contributed by atoms with E-state index in [9.17, 15) is 15.2 Å². The summed E-state index contributed by atoms with van der Waals surface area (Å²) < 4.78 is 0.764. The van der Waals surface area contributed by atoms with Gasteiger partial charge in [-0.15, -0.1) is 0 Å². The van der Waals surface area contributed by atoms with Gasteiger partial charge in [-0.25, -0.2) is 0 Å². The first-order valence-electron chi connectivity index (χ1n) is 4.22. The summed E-state index contributed by atoms with van der Waals surface area (Å²) in [6.45, 7) is 0. The molecule has 0 aromatic heterocycles. The molecule has 0 saturated carbocycles. The molecule has 0 spiro atoms. The maximum atomic E-state index is 10.8. The summed E-state index contributed by atoms with van der Waals surface area (Å²) in [5, 5.41) is 20.3. The molecule has 2 rings (SSSR count). The zero-order valence-electron chi connectivity index (χ0n) is 7.62. The summed E-state index contributed by atoms with van der Waals surface area (Å²) in [6, 6.07) is 4.84. The molecular formula is C8H8AsNO3S2. The van der Waals surface area contributed by atoms with Gasteiger partial charge in [-0.1, -0.05) is 0 Å². The predicted octanol–water partition coefficient (Wildman–Crippen LogP) is 1.48. The number of hydrogen-bond donors (Lipinski definition) is 1. The number of phenolic OH excluding ortho intramolecular Hbond substituents is 1. The molecule has 1 aromatic rings. The Hall–Kier alpha value is -0.322. The fraction of sp³-hybridized carbons (Fsp3) is 0.250. The summed E-state index contributed by atoms with van der Waals surface area (Å²) in [4.78, 5) is 10.4. The number of nitro benzene ring substituents is 1. The van der Waals surface area contributed by atoms with Crippen molar-refractivity contribution in [3.8, 4) is 5.75 Å². The molecule has 0 amide bonds. The summed E-state index contributed by atoms with van der Waals surface area (Å²) in [7, 11) is 3.66. The molecule has 1 aromatic carbocycles. The summed E-state index contributed by atoms with van der Waals surface area (Å²) >= 11 is -1.40. The van der Waals surface area contributed by atoms with Crippen LogP contribution in [0.2, 0.25) is 0 Å². The molecular weight excluding hydrogens is 297 g/mol. The second-order valence-electron chi connectivity index (χ2n) is 2.83. The van der Waals surface area contributed by atoms with Gasteiger partial charge in [-0.05, 0) is 0 Å². The number of nitrogens with zero attached hydrogens (tertiary/aromatic N) is 1. The fourth-order valence-electron chi connectivity index (χ4n) is 1.27. The third-order valence-corrected chi connectivity index (χ3v) is 15.5. The Bertz CT molecular complexity index is 395. The second kappa shape index (κ2) is 4.68. The Kier molecular flexibility index (Phi) is 3.48. The van der Waals surface area contributed by atoms with E-state index < -0.39 is 17.3 Å².